The highest BCUT2D eigenvalue weighted by atomic mass is 19.2. The number of benzene rings is 2. The number of ether oxygens (including phenoxy) is 3. The molecule has 2 amide bonds. The van der Waals surface area contributed by atoms with Gasteiger partial charge in [0.2, 0.25) is 5.88 Å². The predicted molar refractivity (Wildman–Crippen MR) is 144 cm³/mol. The second-order valence-electron chi connectivity index (χ2n) is 9.46. The Labute approximate surface area is 227 Å². The minimum atomic E-state index is -0.926. The summed E-state index contributed by atoms with van der Waals surface area (Å²) in [5.74, 6) is -1.24. The molecule has 210 valence electrons. The molecule has 0 saturated carbocycles. The van der Waals surface area contributed by atoms with Crippen LogP contribution in [0.15, 0.2) is 48.5 Å². The van der Waals surface area contributed by atoms with Gasteiger partial charge in [-0.25, -0.2) is 18.3 Å². The fourth-order valence-electron chi connectivity index (χ4n) is 4.97. The lowest BCUT2D eigenvalue weighted by atomic mass is 9.94. The molecule has 11 heteroatoms. The molecule has 1 saturated heterocycles. The maximum absolute atomic E-state index is 14.2. The van der Waals surface area contributed by atoms with E-state index in [9.17, 15) is 13.6 Å². The summed E-state index contributed by atoms with van der Waals surface area (Å²) < 4.78 is 45.9. The van der Waals surface area contributed by atoms with Crippen LogP contribution < -0.4 is 15.4 Å². The molecular weight excluding hydrogens is 508 g/mol. The third-order valence-corrected chi connectivity index (χ3v) is 6.86. The van der Waals surface area contributed by atoms with E-state index in [-0.39, 0.29) is 12.0 Å². The number of halogens is 2. The summed E-state index contributed by atoms with van der Waals surface area (Å²) in [6.45, 7) is 5.94. The molecule has 1 aliphatic heterocycles. The number of likely N-dealkylation sites (tertiary alicyclic amines) is 1. The van der Waals surface area contributed by atoms with Crippen molar-refractivity contribution in [3.63, 3.8) is 0 Å². The van der Waals surface area contributed by atoms with Gasteiger partial charge < -0.3 is 19.5 Å². The molecule has 2 unspecified atom stereocenters. The second kappa shape index (κ2) is 13.0. The van der Waals surface area contributed by atoms with Crippen LogP contribution in [0.5, 0.6) is 5.88 Å². The number of hydrogen-bond acceptors (Lipinski definition) is 6. The molecule has 4 rings (SSSR count). The number of nitrogens with one attached hydrogen (secondary N) is 2. The number of urea groups is 1. The van der Waals surface area contributed by atoms with Crippen molar-refractivity contribution in [2.75, 3.05) is 52.4 Å². The van der Waals surface area contributed by atoms with Gasteiger partial charge in [-0.3, -0.25) is 10.2 Å². The summed E-state index contributed by atoms with van der Waals surface area (Å²) in [5, 5.41) is 10.5. The number of carbonyl (C=O) groups excluding carboxylic acids is 1. The van der Waals surface area contributed by atoms with Crippen LogP contribution in [0.3, 0.4) is 0 Å². The Morgan fingerprint density at radius 3 is 2.44 bits per heavy atom. The molecular formula is C28H35F2N5O4. The highest BCUT2D eigenvalue weighted by Crippen LogP contribution is 2.31. The van der Waals surface area contributed by atoms with Gasteiger partial charge in [0.05, 0.1) is 43.2 Å². The molecule has 9 nitrogen and oxygen atoms in total. The van der Waals surface area contributed by atoms with Gasteiger partial charge >= 0.3 is 6.03 Å². The van der Waals surface area contributed by atoms with Crippen molar-refractivity contribution in [3.05, 3.63) is 71.3 Å². The lowest BCUT2D eigenvalue weighted by Crippen LogP contribution is -2.45. The largest absolute Gasteiger partial charge is 0.477 e. The summed E-state index contributed by atoms with van der Waals surface area (Å²) in [7, 11) is 3.23. The lowest BCUT2D eigenvalue weighted by Gasteiger charge is -2.26. The van der Waals surface area contributed by atoms with Gasteiger partial charge in [-0.05, 0) is 43.7 Å². The minimum Gasteiger partial charge on any atom is -0.477 e. The first-order chi connectivity index (χ1) is 18.9. The minimum absolute atomic E-state index is 0.0711. The molecule has 2 atom stereocenters. The summed E-state index contributed by atoms with van der Waals surface area (Å²) in [6.07, 6.45) is 0. The van der Waals surface area contributed by atoms with Gasteiger partial charge in [0.1, 0.15) is 5.82 Å². The number of carbonyl (C=O) groups is 1. The molecule has 1 fully saturated rings. The first-order valence-corrected chi connectivity index (χ1v) is 12.9. The second-order valence-corrected chi connectivity index (χ2v) is 9.46. The topological polar surface area (TPSA) is 89.9 Å². The van der Waals surface area contributed by atoms with Crippen molar-refractivity contribution in [3.8, 4) is 11.6 Å². The van der Waals surface area contributed by atoms with Gasteiger partial charge in [-0.15, -0.1) is 5.10 Å². The summed E-state index contributed by atoms with van der Waals surface area (Å²) >= 11 is 0. The summed E-state index contributed by atoms with van der Waals surface area (Å²) in [6, 6.07) is 12.4. The maximum Gasteiger partial charge on any atom is 0.320 e. The molecule has 1 aromatic heterocycles. The quantitative estimate of drug-likeness (QED) is 0.379. The van der Waals surface area contributed by atoms with E-state index in [2.05, 4.69) is 20.6 Å². The van der Waals surface area contributed by atoms with Crippen molar-refractivity contribution in [1.82, 2.24) is 20.0 Å². The van der Waals surface area contributed by atoms with Crippen LogP contribution in [0.4, 0.5) is 19.4 Å². The van der Waals surface area contributed by atoms with Crippen molar-refractivity contribution < 1.29 is 27.8 Å². The molecule has 0 bridgehead atoms. The van der Waals surface area contributed by atoms with Crippen LogP contribution in [0.1, 0.15) is 24.0 Å². The lowest BCUT2D eigenvalue weighted by molar-refractivity contribution is 0.0458. The molecule has 2 heterocycles. The number of rotatable bonds is 11. The number of anilines is 1. The smallest absolute Gasteiger partial charge is 0.320 e. The average Bonchev–Trinajstić information content (AvgIpc) is 3.47. The Morgan fingerprint density at radius 2 is 1.79 bits per heavy atom. The third kappa shape index (κ3) is 6.55. The molecule has 2 aromatic carbocycles. The van der Waals surface area contributed by atoms with Crippen LogP contribution in [0.2, 0.25) is 0 Å². The van der Waals surface area contributed by atoms with E-state index in [1.807, 2.05) is 44.2 Å². The molecule has 0 aliphatic carbocycles. The number of aromatic nitrogens is 2. The normalized spacial score (nSPS) is 17.5. The Bertz CT molecular complexity index is 1250. The molecule has 0 spiro atoms. The van der Waals surface area contributed by atoms with E-state index < -0.39 is 23.7 Å². The fourth-order valence-corrected chi connectivity index (χ4v) is 4.97. The summed E-state index contributed by atoms with van der Waals surface area (Å²) in [5.41, 5.74) is 2.04. The highest BCUT2D eigenvalue weighted by molar-refractivity contribution is 5.90. The van der Waals surface area contributed by atoms with E-state index in [0.29, 0.717) is 55.7 Å². The molecule has 2 N–H and O–H groups in total. The zero-order valence-electron chi connectivity index (χ0n) is 22.6. The third-order valence-electron chi connectivity index (χ3n) is 6.86. The fraction of sp³-hybridized carbons (Fsp3) is 0.429. The van der Waals surface area contributed by atoms with E-state index in [1.165, 1.54) is 6.07 Å². The van der Waals surface area contributed by atoms with E-state index in [0.717, 1.165) is 11.8 Å². The maximum atomic E-state index is 14.2. The number of hydrogen-bond donors (Lipinski definition) is 2. The van der Waals surface area contributed by atoms with Crippen LogP contribution in [0.25, 0.3) is 5.69 Å². The first kappa shape index (κ1) is 28.5. The van der Waals surface area contributed by atoms with Gasteiger partial charge in [-0.1, -0.05) is 24.3 Å². The number of nitrogens with zero attached hydrogens (tertiary/aromatic N) is 3. The monoisotopic (exact) mass is 543 g/mol. The van der Waals surface area contributed by atoms with Crippen LogP contribution in [-0.2, 0) is 9.47 Å². The standard InChI is InChI=1S/C28H35F2N5O4/c1-5-39-27-18(2)26(35(33-27)20-9-7-6-8-10-20)32-28(36)31-25-15-34(21(16-37-3)17-38-4)14-22(25)19-11-12-23(29)24(30)13-19/h6-13,21-22,25H,5,14-17H2,1-4H3,(H2,31,32,36). The Balaban J connectivity index is 1.60. The van der Waals surface area contributed by atoms with Crippen LogP contribution in [0, 0.1) is 18.6 Å². The molecule has 39 heavy (non-hydrogen) atoms. The van der Waals surface area contributed by atoms with Gasteiger partial charge in [-0.2, -0.15) is 0 Å². The zero-order chi connectivity index (χ0) is 27.9. The Kier molecular flexibility index (Phi) is 9.50. The van der Waals surface area contributed by atoms with E-state index in [4.69, 9.17) is 14.2 Å². The predicted octanol–water partition coefficient (Wildman–Crippen LogP) is 4.11. The SMILES string of the molecule is CCOc1nn(-c2ccccc2)c(NC(=O)NC2CN(C(COC)COC)CC2c2ccc(F)c(F)c2)c1C. The van der Waals surface area contributed by atoms with Gasteiger partial charge in [0.25, 0.3) is 0 Å². The van der Waals surface area contributed by atoms with Crippen LogP contribution in [-0.4, -0.2) is 79.9 Å². The first-order valence-electron chi connectivity index (χ1n) is 12.9. The van der Waals surface area contributed by atoms with Gasteiger partial charge in [0, 0.05) is 33.2 Å². The number of methoxy groups -OCH3 is 2. The van der Waals surface area contributed by atoms with E-state index >= 15 is 0 Å². The van der Waals surface area contributed by atoms with Crippen molar-refractivity contribution in [1.29, 1.82) is 0 Å². The number of amides is 2. The Hall–Kier alpha value is -3.54. The van der Waals surface area contributed by atoms with E-state index in [1.54, 1.807) is 25.0 Å². The summed E-state index contributed by atoms with van der Waals surface area (Å²) in [4.78, 5) is 15.5. The molecule has 0 radical (unpaired) electrons. The molecule has 3 aromatic rings. The Morgan fingerprint density at radius 1 is 1.08 bits per heavy atom. The van der Waals surface area contributed by atoms with Crippen LogP contribution >= 0.6 is 0 Å². The zero-order valence-corrected chi connectivity index (χ0v) is 22.6. The van der Waals surface area contributed by atoms with Crippen molar-refractivity contribution in [2.24, 2.45) is 0 Å². The van der Waals surface area contributed by atoms with Gasteiger partial charge in [0.15, 0.2) is 11.6 Å². The highest BCUT2D eigenvalue weighted by Gasteiger charge is 2.38. The number of para-hydroxylation sites is 1. The average molecular weight is 544 g/mol. The van der Waals surface area contributed by atoms with Crippen molar-refractivity contribution >= 4 is 11.8 Å². The molecule has 1 aliphatic rings. The van der Waals surface area contributed by atoms with Crippen molar-refractivity contribution in [2.45, 2.75) is 31.8 Å².